The van der Waals surface area contributed by atoms with Crippen molar-refractivity contribution in [2.75, 3.05) is 0 Å². The van der Waals surface area contributed by atoms with Crippen LogP contribution in [0.4, 0.5) is 4.39 Å². The monoisotopic (exact) mass is 1460 g/mol. The molecule has 0 unspecified atom stereocenters. The van der Waals surface area contributed by atoms with Crippen LogP contribution in [0.25, 0.3) is 108 Å². The summed E-state index contributed by atoms with van der Waals surface area (Å²) in [5.41, 5.74) is 21.0. The fourth-order valence-electron chi connectivity index (χ4n) is 13.3. The summed E-state index contributed by atoms with van der Waals surface area (Å²) in [7, 11) is -1.06. The largest absolute Gasteiger partial charge is 0.456 e. The van der Waals surface area contributed by atoms with Gasteiger partial charge < -0.3 is 4.42 Å². The van der Waals surface area contributed by atoms with Crippen molar-refractivity contribution < 1.29 is 8.81 Å². The average Bonchev–Trinajstić information content (AvgIpc) is 1.62. The molecule has 0 N–H and O–H groups in total. The van der Waals surface area contributed by atoms with Crippen LogP contribution in [0, 0.1) is 61.2 Å². The molecule has 0 saturated heterocycles. The molecule has 0 spiro atoms. The summed E-state index contributed by atoms with van der Waals surface area (Å²) in [6.07, 6.45) is 0. The first-order chi connectivity index (χ1) is 52.5. The topological polar surface area (TPSA) is 13.1 Å². The maximum absolute atomic E-state index is 13.5. The number of halogens is 1. The fourth-order valence-corrected chi connectivity index (χ4v) is 15.6. The summed E-state index contributed by atoms with van der Waals surface area (Å²) >= 11 is 1.89. The first-order valence-electron chi connectivity index (χ1n) is 37.8. The van der Waals surface area contributed by atoms with Gasteiger partial charge in [0.25, 0.3) is 0 Å². The Labute approximate surface area is 651 Å². The third-order valence-corrected chi connectivity index (χ3v) is 22.9. The van der Waals surface area contributed by atoms with Gasteiger partial charge in [-0.15, -0.1) is 11.3 Å². The van der Waals surface area contributed by atoms with Crippen molar-refractivity contribution in [1.82, 2.24) is 0 Å². The van der Waals surface area contributed by atoms with Crippen LogP contribution in [-0.2, 0) is 5.41 Å². The molecule has 18 rings (SSSR count). The molecule has 0 aliphatic heterocycles. The minimum atomic E-state index is -1.06. The first kappa shape index (κ1) is 78.5. The van der Waals surface area contributed by atoms with E-state index < -0.39 is 8.07 Å². The SMILES string of the molecule is Cc1cc(F)cc(-c2cccc3ccccc23)c1.Cc1ccc(-c2ccccc2)cc1.Cc1ccc(C(C)(C)C)cc1.Cc1ccc([Si](C)(C)C)cc1.Cc1ccc2ccc3ccccc3c2c1.Cc1cccc2c1oc1ccccc12.Cc1cccc2c1sc1ccccc12.Cc1ccccc1-c1ccccc1. The fraction of sp³-hybridized carbons (Fsp3) is 0.143. The van der Waals surface area contributed by atoms with E-state index in [1.165, 1.54) is 125 Å². The zero-order valence-electron chi connectivity index (χ0n) is 65.8. The van der Waals surface area contributed by atoms with Crippen LogP contribution < -0.4 is 5.19 Å². The lowest BCUT2D eigenvalue weighted by molar-refractivity contribution is 0.590. The van der Waals surface area contributed by atoms with Crippen LogP contribution in [0.1, 0.15) is 70.8 Å². The maximum Gasteiger partial charge on any atom is 0.138 e. The quantitative estimate of drug-likeness (QED) is 0.126. The summed E-state index contributed by atoms with van der Waals surface area (Å²) in [5.74, 6) is -0.182. The zero-order valence-corrected chi connectivity index (χ0v) is 67.6. The van der Waals surface area contributed by atoms with E-state index in [4.69, 9.17) is 4.42 Å². The van der Waals surface area contributed by atoms with Crippen LogP contribution in [0.2, 0.25) is 19.6 Å². The molecular weight excluding hydrogens is 1360 g/mol. The molecule has 0 amide bonds. The van der Waals surface area contributed by atoms with Crippen molar-refractivity contribution in [3.8, 4) is 33.4 Å². The van der Waals surface area contributed by atoms with Gasteiger partial charge in [0.1, 0.15) is 17.0 Å². The average molecular weight is 1460 g/mol. The van der Waals surface area contributed by atoms with E-state index in [2.05, 4.69) is 374 Å². The van der Waals surface area contributed by atoms with E-state index in [9.17, 15) is 4.39 Å². The number of hydrogen-bond acceptors (Lipinski definition) is 2. The molecule has 0 bridgehead atoms. The highest BCUT2D eigenvalue weighted by Gasteiger charge is 2.16. The molecule has 109 heavy (non-hydrogen) atoms. The second-order valence-electron chi connectivity index (χ2n) is 30.3. The van der Waals surface area contributed by atoms with Crippen LogP contribution in [0.3, 0.4) is 0 Å². The predicted octanol–water partition coefficient (Wildman–Crippen LogP) is 30.7. The van der Waals surface area contributed by atoms with Crippen LogP contribution in [-0.4, -0.2) is 8.07 Å². The number of aryl methyl sites for hydroxylation is 8. The van der Waals surface area contributed by atoms with Crippen molar-refractivity contribution in [2.45, 2.75) is 101 Å². The van der Waals surface area contributed by atoms with E-state index in [-0.39, 0.29) is 11.2 Å². The first-order valence-corrected chi connectivity index (χ1v) is 42.1. The Kier molecular flexibility index (Phi) is 26.5. The Balaban J connectivity index is 0.000000124. The Morgan fingerprint density at radius 3 is 1.38 bits per heavy atom. The van der Waals surface area contributed by atoms with Crippen LogP contribution in [0.5, 0.6) is 0 Å². The van der Waals surface area contributed by atoms with Crippen molar-refractivity contribution in [3.05, 3.63) is 414 Å². The summed E-state index contributed by atoms with van der Waals surface area (Å²) in [5, 5.41) is 14.4. The number of benzene rings is 16. The lowest BCUT2D eigenvalue weighted by atomic mass is 9.87. The van der Waals surface area contributed by atoms with Crippen molar-refractivity contribution in [2.24, 2.45) is 0 Å². The number of para-hydroxylation sites is 2. The molecule has 16 aromatic carbocycles. The molecule has 2 aromatic heterocycles. The number of fused-ring (bicyclic) bond motifs is 10. The zero-order chi connectivity index (χ0) is 77.0. The van der Waals surface area contributed by atoms with Gasteiger partial charge in [-0.1, -0.05) is 402 Å². The third-order valence-electron chi connectivity index (χ3n) is 19.5. The Morgan fingerprint density at radius 2 is 0.743 bits per heavy atom. The molecule has 1 nitrogen and oxygen atoms in total. The van der Waals surface area contributed by atoms with Gasteiger partial charge in [-0.05, 0) is 179 Å². The van der Waals surface area contributed by atoms with Gasteiger partial charge in [0.2, 0.25) is 0 Å². The van der Waals surface area contributed by atoms with Gasteiger partial charge in [-0.3, -0.25) is 0 Å². The molecule has 0 atom stereocenters. The number of rotatable bonds is 4. The Bertz CT molecular complexity index is 5760. The minimum absolute atomic E-state index is 0.182. The van der Waals surface area contributed by atoms with Crippen molar-refractivity contribution in [1.29, 1.82) is 0 Å². The lowest BCUT2D eigenvalue weighted by Gasteiger charge is -2.18. The van der Waals surface area contributed by atoms with Gasteiger partial charge in [0.15, 0.2) is 0 Å². The minimum Gasteiger partial charge on any atom is -0.456 e. The van der Waals surface area contributed by atoms with Crippen molar-refractivity contribution >= 4 is 99.0 Å². The summed E-state index contributed by atoms with van der Waals surface area (Å²) in [4.78, 5) is 0. The summed E-state index contributed by atoms with van der Waals surface area (Å²) in [6.45, 7) is 30.6. The van der Waals surface area contributed by atoms with Gasteiger partial charge in [-0.2, -0.15) is 0 Å². The molecular formula is C105H101FOSSi. The van der Waals surface area contributed by atoms with Crippen molar-refractivity contribution in [3.63, 3.8) is 0 Å². The second-order valence-corrected chi connectivity index (χ2v) is 36.4. The van der Waals surface area contributed by atoms with E-state index in [0.29, 0.717) is 0 Å². The predicted molar refractivity (Wildman–Crippen MR) is 480 cm³/mol. The molecule has 544 valence electrons. The van der Waals surface area contributed by atoms with E-state index in [1.54, 1.807) is 17.3 Å². The van der Waals surface area contributed by atoms with E-state index in [1.807, 2.05) is 78.9 Å². The lowest BCUT2D eigenvalue weighted by Crippen LogP contribution is -2.37. The summed E-state index contributed by atoms with van der Waals surface area (Å²) < 4.78 is 22.1. The van der Waals surface area contributed by atoms with Gasteiger partial charge in [-0.25, -0.2) is 4.39 Å². The van der Waals surface area contributed by atoms with Gasteiger partial charge >= 0.3 is 0 Å². The summed E-state index contributed by atoms with van der Waals surface area (Å²) in [6, 6.07) is 124. The standard InChI is InChI=1S/C17H13F.C15H12.C13H10O.C13H10S.2C13H12.C11H16.C10H16Si/c1-12-9-14(11-15(18)10-12)17-8-4-6-13-5-2-3-7-16(13)17;1-11-6-7-13-9-8-12-4-2-3-5-14(12)15(13)10-11;2*1-9-5-4-7-11-10-6-2-3-8-12(10)14-13(9)11;1-11-7-5-6-10-13(11)12-8-3-2-4-9-12;1-11-7-9-13(10-8-11)12-5-3-2-4-6-12;2*1-9-5-7-10(8-6-9)11(2,3)4/h2-11H,1H3;2-10H,1H3;2*2-8H,1H3;2*2-10H,1H3;2*5-8H,1-4H3. The highest BCUT2D eigenvalue weighted by atomic mass is 32.1. The highest BCUT2D eigenvalue weighted by molar-refractivity contribution is 7.26. The maximum atomic E-state index is 13.5. The number of hydrogen-bond donors (Lipinski definition) is 0. The number of thiophene rings is 1. The number of furan rings is 1. The molecule has 0 fully saturated rings. The Hall–Kier alpha value is -11.5. The van der Waals surface area contributed by atoms with Gasteiger partial charge in [0.05, 0.1) is 8.07 Å². The molecule has 2 heterocycles. The second kappa shape index (κ2) is 36.8. The highest BCUT2D eigenvalue weighted by Crippen LogP contribution is 2.36. The molecule has 4 heteroatoms. The molecule has 0 aliphatic carbocycles. The third kappa shape index (κ3) is 21.2. The molecule has 0 radical (unpaired) electrons. The molecule has 0 aliphatic rings. The van der Waals surface area contributed by atoms with Crippen LogP contribution >= 0.6 is 11.3 Å². The van der Waals surface area contributed by atoms with Gasteiger partial charge in [0, 0.05) is 30.9 Å². The smallest absolute Gasteiger partial charge is 0.138 e. The van der Waals surface area contributed by atoms with E-state index >= 15 is 0 Å². The van der Waals surface area contributed by atoms with E-state index in [0.717, 1.165) is 33.2 Å². The Morgan fingerprint density at radius 1 is 0.294 bits per heavy atom. The van der Waals surface area contributed by atoms with Crippen LogP contribution in [0.15, 0.2) is 362 Å². The molecule has 0 saturated carbocycles. The normalized spacial score (nSPS) is 10.9. The molecule has 18 aromatic rings.